The first kappa shape index (κ1) is 53.8. The van der Waals surface area contributed by atoms with E-state index in [-0.39, 0.29) is 61.7 Å². The van der Waals surface area contributed by atoms with Gasteiger partial charge in [0.25, 0.3) is 21.9 Å². The van der Waals surface area contributed by atoms with Crippen molar-refractivity contribution in [2.45, 2.75) is 68.6 Å². The van der Waals surface area contributed by atoms with Crippen molar-refractivity contribution in [3.05, 3.63) is 83.1 Å². The van der Waals surface area contributed by atoms with Crippen molar-refractivity contribution >= 4 is 49.8 Å². The molecule has 3 aliphatic heterocycles. The summed E-state index contributed by atoms with van der Waals surface area (Å²) in [7, 11) is -5.95. The number of carbonyl (C=O) groups excluding carboxylic acids is 3. The number of rotatable bonds is 26. The normalized spacial score (nSPS) is 17.1. The number of hydroxylamine groups is 2. The number of hydrogen-bond acceptors (Lipinski definition) is 15. The Labute approximate surface area is 402 Å². The van der Waals surface area contributed by atoms with Crippen LogP contribution in [-0.2, 0) is 63.8 Å². The van der Waals surface area contributed by atoms with Gasteiger partial charge >= 0.3 is 35.5 Å². The monoisotopic (exact) mass is 954 g/mol. The summed E-state index contributed by atoms with van der Waals surface area (Å²) in [6, 6.07) is 11.8. The molecule has 21 heteroatoms. The summed E-state index contributed by atoms with van der Waals surface area (Å²) < 4.78 is 99.8. The van der Waals surface area contributed by atoms with Crippen LogP contribution in [0.15, 0.2) is 75.9 Å². The molecule has 0 bridgehead atoms. The molecule has 18 nitrogen and oxygen atoms in total. The van der Waals surface area contributed by atoms with E-state index in [0.717, 1.165) is 16.5 Å². The zero-order valence-electron chi connectivity index (χ0n) is 37.4. The first-order chi connectivity index (χ1) is 30.6. The van der Waals surface area contributed by atoms with Crippen LogP contribution in [0.1, 0.15) is 69.4 Å². The first-order valence-electron chi connectivity index (χ1n) is 21.1. The molecule has 1 saturated heterocycles. The molecule has 1 atom stereocenters. The summed E-state index contributed by atoms with van der Waals surface area (Å²) >= 11 is 0. The van der Waals surface area contributed by atoms with Crippen LogP contribution in [0, 0.1) is 0 Å². The number of methoxy groups -OCH3 is 2. The van der Waals surface area contributed by atoms with Gasteiger partial charge < -0.3 is 37.7 Å². The maximum atomic E-state index is 12.4. The van der Waals surface area contributed by atoms with E-state index >= 15 is 0 Å². The minimum absolute atomic E-state index is 0. The van der Waals surface area contributed by atoms with Crippen LogP contribution in [0.25, 0.3) is 17.4 Å². The molecule has 2 amide bonds. The Morgan fingerprint density at radius 3 is 2.20 bits per heavy atom. The zero-order valence-corrected chi connectivity index (χ0v) is 41.0. The maximum Gasteiger partial charge on any atom is 1.00 e. The fourth-order valence-electron chi connectivity index (χ4n) is 7.73. The molecule has 1 aromatic carbocycles. The number of carbonyl (C=O) groups is 3. The van der Waals surface area contributed by atoms with Crippen molar-refractivity contribution in [3.8, 4) is 11.3 Å². The molecule has 5 rings (SSSR count). The SMILES string of the molecule is COCCOCC[N+](CCOCCOC)=c1ccc2c(/C=C/C=C3/N(CCCCCC(=O)ON4C(=O)CCC4=O)c4ccc(S(=O)(=O)[O-])cc4C3(C)CCCS(=O)(=O)O)ccoc-2c1.[Na+]. The molecular weight excluding hydrogens is 898 g/mol. The van der Waals surface area contributed by atoms with Gasteiger partial charge in [-0.25, -0.2) is 17.8 Å². The molecule has 1 aromatic rings. The molecule has 4 aliphatic rings. The number of unbranched alkanes of at least 4 members (excludes halogenated alkanes) is 2. The van der Waals surface area contributed by atoms with Crippen molar-refractivity contribution in [2.75, 3.05) is 84.1 Å². The number of amides is 2. The number of fused-ring (bicyclic) bond motifs is 2. The molecule has 1 N–H and O–H groups in total. The van der Waals surface area contributed by atoms with Gasteiger partial charge in [0.15, 0.2) is 13.1 Å². The number of nitrogens with zero attached hydrogens (tertiary/aromatic N) is 3. The van der Waals surface area contributed by atoms with Gasteiger partial charge in [-0.2, -0.15) is 8.42 Å². The quantitative estimate of drug-likeness (QED) is 0.0387. The molecule has 1 fully saturated rings. The summed E-state index contributed by atoms with van der Waals surface area (Å²) in [5.74, 6) is -1.75. The van der Waals surface area contributed by atoms with Crippen LogP contribution in [0.4, 0.5) is 5.69 Å². The Hall–Kier alpha value is -3.80. The van der Waals surface area contributed by atoms with Crippen molar-refractivity contribution in [1.82, 2.24) is 9.64 Å². The molecule has 0 spiro atoms. The van der Waals surface area contributed by atoms with Gasteiger partial charge in [0.1, 0.15) is 29.1 Å². The van der Waals surface area contributed by atoms with Crippen LogP contribution in [0.5, 0.6) is 0 Å². The second-order valence-electron chi connectivity index (χ2n) is 15.5. The molecule has 3 heterocycles. The second kappa shape index (κ2) is 25.4. The van der Waals surface area contributed by atoms with Crippen LogP contribution in [-0.4, -0.2) is 128 Å². The number of anilines is 1. The zero-order chi connectivity index (χ0) is 46.3. The summed E-state index contributed by atoms with van der Waals surface area (Å²) in [4.78, 5) is 42.7. The van der Waals surface area contributed by atoms with E-state index in [1.165, 1.54) is 12.1 Å². The Morgan fingerprint density at radius 1 is 0.892 bits per heavy atom. The summed E-state index contributed by atoms with van der Waals surface area (Å²) in [6.45, 7) is 6.26. The molecular formula is C44H57N3NaO15S2+. The van der Waals surface area contributed by atoms with Gasteiger partial charge in [0.05, 0.1) is 49.4 Å². The Kier molecular flexibility index (Phi) is 21.0. The number of benzene rings is 2. The Bertz CT molecular complexity index is 2410. The number of imide groups is 1. The van der Waals surface area contributed by atoms with E-state index in [0.29, 0.717) is 106 Å². The number of allylic oxidation sites excluding steroid dienone is 3. The molecule has 0 radical (unpaired) electrons. The predicted molar refractivity (Wildman–Crippen MR) is 233 cm³/mol. The fourth-order valence-corrected chi connectivity index (χ4v) is 8.74. The van der Waals surface area contributed by atoms with E-state index in [1.807, 2.05) is 54.3 Å². The van der Waals surface area contributed by atoms with Crippen LogP contribution >= 0.6 is 0 Å². The molecule has 65 heavy (non-hydrogen) atoms. The third kappa shape index (κ3) is 15.4. The van der Waals surface area contributed by atoms with Crippen LogP contribution in [0.3, 0.4) is 0 Å². The van der Waals surface area contributed by atoms with E-state index < -0.39 is 54.1 Å². The van der Waals surface area contributed by atoms with E-state index in [1.54, 1.807) is 26.5 Å². The Morgan fingerprint density at radius 2 is 1.57 bits per heavy atom. The maximum absolute atomic E-state index is 12.4. The van der Waals surface area contributed by atoms with Crippen molar-refractivity contribution in [2.24, 2.45) is 0 Å². The third-order valence-electron chi connectivity index (χ3n) is 11.0. The van der Waals surface area contributed by atoms with Crippen LogP contribution in [0.2, 0.25) is 0 Å². The second-order valence-corrected chi connectivity index (χ2v) is 18.5. The summed E-state index contributed by atoms with van der Waals surface area (Å²) in [5.41, 5.74) is 2.41. The topological polar surface area (TPSA) is 232 Å². The number of ether oxygens (including phenoxy) is 4. The van der Waals surface area contributed by atoms with E-state index in [4.69, 9.17) is 28.2 Å². The largest absolute Gasteiger partial charge is 1.00 e. The third-order valence-corrected chi connectivity index (χ3v) is 12.7. The Balaban J connectivity index is 0.00000925. The predicted octanol–water partition coefficient (Wildman–Crippen LogP) is 0.901. The van der Waals surface area contributed by atoms with Crippen molar-refractivity contribution < 1.29 is 98.1 Å². The average Bonchev–Trinajstić information content (AvgIpc) is 3.68. The minimum Gasteiger partial charge on any atom is -0.744 e. The van der Waals surface area contributed by atoms with E-state index in [2.05, 4.69) is 4.58 Å². The molecule has 0 aromatic heterocycles. The van der Waals surface area contributed by atoms with Crippen molar-refractivity contribution in [3.63, 3.8) is 0 Å². The molecule has 350 valence electrons. The van der Waals surface area contributed by atoms with Gasteiger partial charge in [-0.3, -0.25) is 14.1 Å². The first-order valence-corrected chi connectivity index (χ1v) is 24.1. The van der Waals surface area contributed by atoms with Gasteiger partial charge in [-0.1, -0.05) is 18.6 Å². The minimum atomic E-state index is -4.86. The fraction of sp³-hybridized carbons (Fsp3) is 0.500. The average molecular weight is 955 g/mol. The standard InChI is InChI=1S/C44H57N3O15S2.Na/c1-44(19-8-30-63(51,52)53)37-32-35(64(54,55)56)13-15-38(37)46(20-6-4-5-11-43(50)62-47-41(48)16-17-42(47)49)40(44)10-7-9-33-18-23-61-39-31-34(12-14-36(33)39)45(21-24-59-28-26-57-2)22-25-60-29-27-58-3;/h7,9-10,12-15,18,23,31-32H,4-6,8,11,16-17,19-22,24-30H2,1-3H3,(H-,51,52,53,54,55,56);/q;+1. The van der Waals surface area contributed by atoms with Gasteiger partial charge in [-0.05, 0) is 80.1 Å². The molecule has 1 aliphatic carbocycles. The molecule has 0 saturated carbocycles. The molecule has 1 unspecified atom stereocenters. The van der Waals surface area contributed by atoms with Gasteiger partial charge in [0.2, 0.25) is 5.36 Å². The smallest absolute Gasteiger partial charge is 0.744 e. The number of hydrogen-bond donors (Lipinski definition) is 1. The van der Waals surface area contributed by atoms with Crippen molar-refractivity contribution in [1.29, 1.82) is 0 Å². The van der Waals surface area contributed by atoms with E-state index in [9.17, 15) is 40.3 Å². The van der Waals surface area contributed by atoms with Crippen LogP contribution < -0.4 is 44.4 Å². The van der Waals surface area contributed by atoms with Gasteiger partial charge in [0, 0.05) is 68.5 Å². The summed E-state index contributed by atoms with van der Waals surface area (Å²) in [6.07, 6.45) is 8.73. The van der Waals surface area contributed by atoms with Gasteiger partial charge in [-0.15, -0.1) is 5.06 Å². The summed E-state index contributed by atoms with van der Waals surface area (Å²) in [5, 5.41) is 1.41.